The van der Waals surface area contributed by atoms with Crippen LogP contribution in [0.4, 0.5) is 27.6 Å². The van der Waals surface area contributed by atoms with Gasteiger partial charge in [-0.25, -0.2) is 27.0 Å². The largest absolute Gasteiger partial charge is 0.488 e. The molecule has 214 valence electrons. The van der Waals surface area contributed by atoms with Gasteiger partial charge in [0, 0.05) is 36.8 Å². The quantitative estimate of drug-likeness (QED) is 0.387. The number of carbonyl (C=O) groups is 1. The maximum Gasteiger partial charge on any atom is 0.420 e. The van der Waals surface area contributed by atoms with Crippen molar-refractivity contribution in [2.75, 3.05) is 17.2 Å². The van der Waals surface area contributed by atoms with Gasteiger partial charge < -0.3 is 14.7 Å². The van der Waals surface area contributed by atoms with E-state index in [0.717, 1.165) is 31.9 Å². The van der Waals surface area contributed by atoms with Gasteiger partial charge in [0.2, 0.25) is 5.92 Å². The molecule has 1 aromatic carbocycles. The SMILES string of the molecule is CC(F)(F)CC[C@@H]1CN(C2CCCC2)c2cc(C(F)(F)F)c(OCc3cccnc3C(=O)O)cc2S(=O)(=O)C1. The number of pyridine rings is 1. The van der Waals surface area contributed by atoms with Crippen molar-refractivity contribution in [2.24, 2.45) is 5.92 Å². The van der Waals surface area contributed by atoms with Gasteiger partial charge in [0.05, 0.1) is 21.9 Å². The molecule has 2 aliphatic rings. The third kappa shape index (κ3) is 6.79. The Balaban J connectivity index is 1.79. The van der Waals surface area contributed by atoms with Crippen molar-refractivity contribution in [2.45, 2.75) is 75.1 Å². The van der Waals surface area contributed by atoms with Crippen LogP contribution in [0.15, 0.2) is 35.4 Å². The summed E-state index contributed by atoms with van der Waals surface area (Å²) in [5.41, 5.74) is -1.72. The van der Waals surface area contributed by atoms with Gasteiger partial charge >= 0.3 is 12.1 Å². The molecule has 1 aliphatic carbocycles. The van der Waals surface area contributed by atoms with E-state index in [-0.39, 0.29) is 35.2 Å². The molecule has 0 unspecified atom stereocenters. The first kappa shape index (κ1) is 29.0. The van der Waals surface area contributed by atoms with Crippen LogP contribution in [0.2, 0.25) is 0 Å². The number of nitrogens with zero attached hydrogens (tertiary/aromatic N) is 2. The fraction of sp³-hybridized carbons (Fsp3) is 0.538. The maximum atomic E-state index is 14.2. The Bertz CT molecular complexity index is 1320. The highest BCUT2D eigenvalue weighted by atomic mass is 32.2. The summed E-state index contributed by atoms with van der Waals surface area (Å²) in [5.74, 6) is -6.37. The average Bonchev–Trinajstić information content (AvgIpc) is 3.34. The summed E-state index contributed by atoms with van der Waals surface area (Å²) >= 11 is 0. The number of hydrogen-bond donors (Lipinski definition) is 1. The second kappa shape index (κ2) is 10.9. The Hall–Kier alpha value is -2.96. The smallest absolute Gasteiger partial charge is 0.420 e. The van der Waals surface area contributed by atoms with E-state index in [4.69, 9.17) is 4.74 Å². The number of carboxylic acid groups (broad SMARTS) is 1. The first-order valence-corrected chi connectivity index (χ1v) is 14.2. The van der Waals surface area contributed by atoms with Crippen LogP contribution >= 0.6 is 0 Å². The van der Waals surface area contributed by atoms with Gasteiger partial charge in [-0.1, -0.05) is 18.9 Å². The lowest BCUT2D eigenvalue weighted by atomic mass is 10.00. The van der Waals surface area contributed by atoms with E-state index in [1.165, 1.54) is 18.3 Å². The minimum absolute atomic E-state index is 0.00376. The number of ether oxygens (including phenoxy) is 1. The van der Waals surface area contributed by atoms with E-state index >= 15 is 0 Å². The van der Waals surface area contributed by atoms with Crippen LogP contribution in [-0.2, 0) is 22.6 Å². The second-order valence-electron chi connectivity index (χ2n) is 10.3. The predicted molar refractivity (Wildman–Crippen MR) is 132 cm³/mol. The molecule has 1 atom stereocenters. The number of alkyl halides is 5. The minimum atomic E-state index is -4.92. The average molecular weight is 577 g/mol. The van der Waals surface area contributed by atoms with Crippen molar-refractivity contribution in [3.05, 3.63) is 47.3 Å². The molecular weight excluding hydrogens is 547 g/mol. The molecule has 0 bridgehead atoms. The lowest BCUT2D eigenvalue weighted by Gasteiger charge is -2.34. The first-order chi connectivity index (χ1) is 18.2. The number of halogens is 5. The topological polar surface area (TPSA) is 96.8 Å². The number of fused-ring (bicyclic) bond motifs is 1. The molecule has 1 aliphatic heterocycles. The summed E-state index contributed by atoms with van der Waals surface area (Å²) in [4.78, 5) is 16.5. The molecule has 0 radical (unpaired) electrons. The molecule has 2 heterocycles. The molecular formula is C26H29F5N2O5S. The third-order valence-corrected chi connectivity index (χ3v) is 9.06. The van der Waals surface area contributed by atoms with Crippen molar-refractivity contribution < 1.29 is 45.0 Å². The Morgan fingerprint density at radius 1 is 1.18 bits per heavy atom. The van der Waals surface area contributed by atoms with E-state index in [0.29, 0.717) is 12.8 Å². The zero-order chi connectivity index (χ0) is 28.6. The molecule has 1 N–H and O–H groups in total. The summed E-state index contributed by atoms with van der Waals surface area (Å²) < 4.78 is 102. The van der Waals surface area contributed by atoms with Crippen LogP contribution in [-0.4, -0.2) is 48.7 Å². The summed E-state index contributed by atoms with van der Waals surface area (Å²) in [6, 6.07) is 4.11. The zero-order valence-electron chi connectivity index (χ0n) is 21.2. The molecule has 39 heavy (non-hydrogen) atoms. The maximum absolute atomic E-state index is 14.2. The van der Waals surface area contributed by atoms with Gasteiger partial charge in [0.1, 0.15) is 12.4 Å². The van der Waals surface area contributed by atoms with Crippen LogP contribution in [0.5, 0.6) is 5.75 Å². The number of aromatic nitrogens is 1. The zero-order valence-corrected chi connectivity index (χ0v) is 22.0. The van der Waals surface area contributed by atoms with Gasteiger partial charge in [-0.3, -0.25) is 0 Å². The Morgan fingerprint density at radius 3 is 2.49 bits per heavy atom. The summed E-state index contributed by atoms with van der Waals surface area (Å²) in [7, 11) is -4.19. The first-order valence-electron chi connectivity index (χ1n) is 12.6. The van der Waals surface area contributed by atoms with E-state index in [9.17, 15) is 40.3 Å². The lowest BCUT2D eigenvalue weighted by molar-refractivity contribution is -0.139. The number of sulfone groups is 1. The summed E-state index contributed by atoms with van der Waals surface area (Å²) in [5, 5.41) is 9.33. The number of anilines is 1. The highest BCUT2D eigenvalue weighted by molar-refractivity contribution is 7.91. The van der Waals surface area contributed by atoms with Crippen molar-refractivity contribution in [1.82, 2.24) is 4.98 Å². The van der Waals surface area contributed by atoms with Gasteiger partial charge in [-0.15, -0.1) is 0 Å². The highest BCUT2D eigenvalue weighted by Gasteiger charge is 2.41. The second-order valence-corrected chi connectivity index (χ2v) is 12.3. The molecule has 0 amide bonds. The van der Waals surface area contributed by atoms with Crippen molar-refractivity contribution in [3.8, 4) is 5.75 Å². The van der Waals surface area contributed by atoms with E-state index in [1.807, 2.05) is 0 Å². The predicted octanol–water partition coefficient (Wildman–Crippen LogP) is 5.97. The molecule has 0 saturated heterocycles. The Morgan fingerprint density at radius 2 is 1.87 bits per heavy atom. The molecule has 1 saturated carbocycles. The molecule has 4 rings (SSSR count). The number of hydrogen-bond acceptors (Lipinski definition) is 6. The lowest BCUT2D eigenvalue weighted by Crippen LogP contribution is -2.38. The fourth-order valence-corrected chi connectivity index (χ4v) is 7.14. The normalized spacial score (nSPS) is 19.9. The minimum Gasteiger partial charge on any atom is -0.488 e. The monoisotopic (exact) mass is 576 g/mol. The molecule has 1 fully saturated rings. The molecule has 7 nitrogen and oxygen atoms in total. The standard InChI is InChI=1S/C26H29F5N2O5S/c1-25(27,28)9-8-16-13-33(18-6-2-3-7-18)20-11-19(26(29,30)31)21(12-22(20)39(36,37)15-16)38-14-17-5-4-10-32-23(17)24(34)35/h4-5,10-12,16,18H,2-3,6-9,13-15H2,1H3,(H,34,35)/t16-/m1/s1. The van der Waals surface area contributed by atoms with Crippen LogP contribution in [0.25, 0.3) is 0 Å². The van der Waals surface area contributed by atoms with E-state index < -0.39 is 69.6 Å². The summed E-state index contributed by atoms with van der Waals surface area (Å²) in [6.07, 6.45) is -1.41. The highest BCUT2D eigenvalue weighted by Crippen LogP contribution is 2.45. The Labute approximate surface area is 222 Å². The Kier molecular flexibility index (Phi) is 8.11. The van der Waals surface area contributed by atoms with Crippen LogP contribution in [0.1, 0.15) is 67.1 Å². The number of rotatable bonds is 8. The van der Waals surface area contributed by atoms with Gasteiger partial charge in [0.25, 0.3) is 0 Å². The third-order valence-electron chi connectivity index (χ3n) is 7.16. The van der Waals surface area contributed by atoms with Gasteiger partial charge in [-0.2, -0.15) is 13.2 Å². The number of aromatic carboxylic acids is 1. The molecule has 0 spiro atoms. The number of carboxylic acids is 1. The number of benzene rings is 1. The molecule has 13 heteroatoms. The van der Waals surface area contributed by atoms with Gasteiger partial charge in [-0.05, 0) is 44.2 Å². The van der Waals surface area contributed by atoms with Crippen molar-refractivity contribution >= 4 is 21.5 Å². The van der Waals surface area contributed by atoms with E-state index in [1.54, 1.807) is 4.90 Å². The van der Waals surface area contributed by atoms with E-state index in [2.05, 4.69) is 4.98 Å². The van der Waals surface area contributed by atoms with Crippen LogP contribution in [0.3, 0.4) is 0 Å². The van der Waals surface area contributed by atoms with Gasteiger partial charge in [0.15, 0.2) is 15.5 Å². The van der Waals surface area contributed by atoms with Crippen molar-refractivity contribution in [3.63, 3.8) is 0 Å². The molecule has 1 aromatic heterocycles. The fourth-order valence-electron chi connectivity index (χ4n) is 5.29. The summed E-state index contributed by atoms with van der Waals surface area (Å²) in [6.45, 7) is 0.193. The van der Waals surface area contributed by atoms with Crippen LogP contribution < -0.4 is 9.64 Å². The molecule has 2 aromatic rings. The van der Waals surface area contributed by atoms with Crippen LogP contribution in [0, 0.1) is 5.92 Å². The van der Waals surface area contributed by atoms with Crippen molar-refractivity contribution in [1.29, 1.82) is 0 Å².